The fourth-order valence-corrected chi connectivity index (χ4v) is 4.16. The van der Waals surface area contributed by atoms with E-state index in [2.05, 4.69) is 0 Å². The average molecular weight is 441 g/mol. The summed E-state index contributed by atoms with van der Waals surface area (Å²) in [6.45, 7) is 1.98. The van der Waals surface area contributed by atoms with Crippen molar-refractivity contribution in [3.05, 3.63) is 41.5 Å². The standard InChI is InChI=1S/C24H27NO7/c1-28-20-13-17(14-21(29-2)23(20)30-3)24(27)25-8-6-15(7-9-25)22(26)16-4-5-18-19(12-16)32-11-10-31-18/h4-5,12-15H,6-11H2,1-3H3. The van der Waals surface area contributed by atoms with Crippen molar-refractivity contribution in [2.75, 3.05) is 47.6 Å². The third kappa shape index (κ3) is 4.17. The minimum absolute atomic E-state index is 0.0712. The van der Waals surface area contributed by atoms with E-state index < -0.39 is 0 Å². The molecule has 4 rings (SSSR count). The van der Waals surface area contributed by atoms with Gasteiger partial charge in [-0.2, -0.15) is 0 Å². The Balaban J connectivity index is 1.43. The molecule has 0 saturated carbocycles. The molecule has 0 radical (unpaired) electrons. The Morgan fingerprint density at radius 3 is 2.06 bits per heavy atom. The second kappa shape index (κ2) is 9.38. The van der Waals surface area contributed by atoms with Crippen LogP contribution in [-0.2, 0) is 0 Å². The molecule has 0 N–H and O–H groups in total. The van der Waals surface area contributed by atoms with Crippen molar-refractivity contribution in [3.63, 3.8) is 0 Å². The van der Waals surface area contributed by atoms with Crippen LogP contribution in [-0.4, -0.2) is 64.2 Å². The smallest absolute Gasteiger partial charge is 0.254 e. The van der Waals surface area contributed by atoms with Gasteiger partial charge >= 0.3 is 0 Å². The number of piperidine rings is 1. The van der Waals surface area contributed by atoms with Gasteiger partial charge in [-0.3, -0.25) is 9.59 Å². The van der Waals surface area contributed by atoms with Gasteiger partial charge in [-0.05, 0) is 43.2 Å². The van der Waals surface area contributed by atoms with E-state index in [4.69, 9.17) is 23.7 Å². The van der Waals surface area contributed by atoms with E-state index in [1.807, 2.05) is 0 Å². The minimum atomic E-state index is -0.137. The maximum Gasteiger partial charge on any atom is 0.254 e. The van der Waals surface area contributed by atoms with Crippen molar-refractivity contribution >= 4 is 11.7 Å². The van der Waals surface area contributed by atoms with Gasteiger partial charge in [-0.15, -0.1) is 0 Å². The Morgan fingerprint density at radius 1 is 0.844 bits per heavy atom. The summed E-state index contributed by atoms with van der Waals surface area (Å²) in [5.41, 5.74) is 1.07. The van der Waals surface area contributed by atoms with Crippen LogP contribution < -0.4 is 23.7 Å². The van der Waals surface area contributed by atoms with Crippen LogP contribution >= 0.6 is 0 Å². The maximum absolute atomic E-state index is 13.1. The minimum Gasteiger partial charge on any atom is -0.493 e. The molecule has 0 unspecified atom stereocenters. The van der Waals surface area contributed by atoms with Gasteiger partial charge in [-0.1, -0.05) is 0 Å². The first-order valence-corrected chi connectivity index (χ1v) is 10.6. The van der Waals surface area contributed by atoms with Crippen molar-refractivity contribution in [1.82, 2.24) is 4.90 Å². The Morgan fingerprint density at radius 2 is 1.47 bits per heavy atom. The Bertz CT molecular complexity index is 986. The number of ether oxygens (including phenoxy) is 5. The number of benzene rings is 2. The van der Waals surface area contributed by atoms with Gasteiger partial charge in [0.15, 0.2) is 28.8 Å². The first-order chi connectivity index (χ1) is 15.5. The molecule has 0 aromatic heterocycles. The molecule has 1 fully saturated rings. The number of fused-ring (bicyclic) bond motifs is 1. The lowest BCUT2D eigenvalue weighted by atomic mass is 9.88. The zero-order valence-corrected chi connectivity index (χ0v) is 18.5. The molecule has 0 aliphatic carbocycles. The van der Waals surface area contributed by atoms with Crippen molar-refractivity contribution in [2.45, 2.75) is 12.8 Å². The van der Waals surface area contributed by atoms with E-state index >= 15 is 0 Å². The van der Waals surface area contributed by atoms with E-state index in [1.165, 1.54) is 21.3 Å². The lowest BCUT2D eigenvalue weighted by molar-refractivity contribution is 0.0649. The summed E-state index contributed by atoms with van der Waals surface area (Å²) in [6, 6.07) is 8.62. The fourth-order valence-electron chi connectivity index (χ4n) is 4.16. The highest BCUT2D eigenvalue weighted by Crippen LogP contribution is 2.39. The molecule has 32 heavy (non-hydrogen) atoms. The van der Waals surface area contributed by atoms with Crippen LogP contribution in [0.2, 0.25) is 0 Å². The first-order valence-electron chi connectivity index (χ1n) is 10.6. The van der Waals surface area contributed by atoms with Crippen molar-refractivity contribution < 1.29 is 33.3 Å². The van der Waals surface area contributed by atoms with Gasteiger partial charge in [0, 0.05) is 30.1 Å². The second-order valence-electron chi connectivity index (χ2n) is 7.70. The number of hydrogen-bond acceptors (Lipinski definition) is 7. The predicted molar refractivity (Wildman–Crippen MR) is 116 cm³/mol. The summed E-state index contributed by atoms with van der Waals surface area (Å²) in [5, 5.41) is 0. The second-order valence-corrected chi connectivity index (χ2v) is 7.70. The van der Waals surface area contributed by atoms with E-state index in [9.17, 15) is 9.59 Å². The third-order valence-electron chi connectivity index (χ3n) is 5.89. The Hall–Kier alpha value is -3.42. The molecule has 8 nitrogen and oxygen atoms in total. The third-order valence-corrected chi connectivity index (χ3v) is 5.89. The molecule has 0 atom stereocenters. The molecule has 170 valence electrons. The van der Waals surface area contributed by atoms with Crippen LogP contribution in [0.25, 0.3) is 0 Å². The van der Waals surface area contributed by atoms with Gasteiger partial charge in [-0.25, -0.2) is 0 Å². The Labute approximate surface area is 187 Å². The largest absolute Gasteiger partial charge is 0.493 e. The molecule has 1 saturated heterocycles. The number of hydrogen-bond donors (Lipinski definition) is 0. The number of rotatable bonds is 6. The van der Waals surface area contributed by atoms with Crippen LogP contribution in [0.5, 0.6) is 28.7 Å². The normalized spacial score (nSPS) is 15.8. The first kappa shape index (κ1) is 21.8. The van der Waals surface area contributed by atoms with Gasteiger partial charge < -0.3 is 28.6 Å². The summed E-state index contributed by atoms with van der Waals surface area (Å²) in [5.74, 6) is 2.38. The zero-order chi connectivity index (χ0) is 22.7. The molecule has 2 aromatic rings. The van der Waals surface area contributed by atoms with Crippen LogP contribution in [0.1, 0.15) is 33.6 Å². The summed E-state index contributed by atoms with van der Waals surface area (Å²) in [6.07, 6.45) is 1.20. The molecular weight excluding hydrogens is 414 g/mol. The SMILES string of the molecule is COc1cc(C(=O)N2CCC(C(=O)c3ccc4c(c3)OCCO4)CC2)cc(OC)c1OC. The number of carbonyl (C=O) groups is 2. The monoisotopic (exact) mass is 441 g/mol. The van der Waals surface area contributed by atoms with Crippen LogP contribution in [0.15, 0.2) is 30.3 Å². The van der Waals surface area contributed by atoms with Gasteiger partial charge in [0.1, 0.15) is 13.2 Å². The number of Topliss-reactive ketones (excluding diaryl/α,β-unsaturated/α-hetero) is 1. The summed E-state index contributed by atoms with van der Waals surface area (Å²) in [4.78, 5) is 27.9. The van der Waals surface area contributed by atoms with E-state index in [0.717, 1.165) is 0 Å². The number of nitrogens with zero attached hydrogens (tertiary/aromatic N) is 1. The number of ketones is 1. The van der Waals surface area contributed by atoms with E-state index in [1.54, 1.807) is 35.2 Å². The van der Waals surface area contributed by atoms with Crippen molar-refractivity contribution in [1.29, 1.82) is 0 Å². The molecule has 2 aliphatic rings. The van der Waals surface area contributed by atoms with Crippen LogP contribution in [0.4, 0.5) is 0 Å². The number of carbonyl (C=O) groups excluding carboxylic acids is 2. The van der Waals surface area contributed by atoms with Gasteiger partial charge in [0.25, 0.3) is 5.91 Å². The number of likely N-dealkylation sites (tertiary alicyclic amines) is 1. The molecule has 0 bridgehead atoms. The molecule has 2 aliphatic heterocycles. The van der Waals surface area contributed by atoms with Crippen molar-refractivity contribution in [2.24, 2.45) is 5.92 Å². The average Bonchev–Trinajstić information content (AvgIpc) is 2.86. The quantitative estimate of drug-likeness (QED) is 0.637. The number of amides is 1. The summed E-state index contributed by atoms with van der Waals surface area (Å²) in [7, 11) is 4.55. The topological polar surface area (TPSA) is 83.5 Å². The zero-order valence-electron chi connectivity index (χ0n) is 18.5. The predicted octanol–water partition coefficient (Wildman–Crippen LogP) is 3.22. The lowest BCUT2D eigenvalue weighted by Crippen LogP contribution is -2.40. The summed E-state index contributed by atoms with van der Waals surface area (Å²) >= 11 is 0. The maximum atomic E-state index is 13.1. The van der Waals surface area contributed by atoms with Gasteiger partial charge in [0.2, 0.25) is 5.75 Å². The highest BCUT2D eigenvalue weighted by atomic mass is 16.6. The molecule has 8 heteroatoms. The molecule has 2 heterocycles. The molecule has 0 spiro atoms. The van der Waals surface area contributed by atoms with E-state index in [0.29, 0.717) is 79.0 Å². The molecule has 1 amide bonds. The number of methoxy groups -OCH3 is 3. The molecule has 2 aromatic carbocycles. The van der Waals surface area contributed by atoms with Gasteiger partial charge in [0.05, 0.1) is 21.3 Å². The van der Waals surface area contributed by atoms with Crippen LogP contribution in [0, 0.1) is 5.92 Å². The molecular formula is C24H27NO7. The Kier molecular flexibility index (Phi) is 6.39. The highest BCUT2D eigenvalue weighted by molar-refractivity contribution is 5.99. The fraction of sp³-hybridized carbons (Fsp3) is 0.417. The summed E-state index contributed by atoms with van der Waals surface area (Å²) < 4.78 is 27.2. The lowest BCUT2D eigenvalue weighted by Gasteiger charge is -2.31. The van der Waals surface area contributed by atoms with Crippen LogP contribution in [0.3, 0.4) is 0 Å². The van der Waals surface area contributed by atoms with Crippen molar-refractivity contribution in [3.8, 4) is 28.7 Å². The van der Waals surface area contributed by atoms with E-state index in [-0.39, 0.29) is 17.6 Å². The highest BCUT2D eigenvalue weighted by Gasteiger charge is 2.30.